The molecule has 0 aliphatic heterocycles. The van der Waals surface area contributed by atoms with Crippen LogP contribution in [0.15, 0.2) is 253 Å². The molecular formula is C69H47N3O. The second kappa shape index (κ2) is 15.8. The van der Waals surface area contributed by atoms with Crippen LogP contribution in [-0.4, -0.2) is 9.13 Å². The van der Waals surface area contributed by atoms with Crippen LogP contribution in [0.25, 0.3) is 110 Å². The van der Waals surface area contributed by atoms with E-state index in [9.17, 15) is 0 Å². The third-order valence-electron chi connectivity index (χ3n) is 15.7. The molecule has 3 heterocycles. The van der Waals surface area contributed by atoms with Crippen LogP contribution < -0.4 is 4.90 Å². The van der Waals surface area contributed by atoms with Gasteiger partial charge in [0.05, 0.1) is 22.1 Å². The molecule has 3 aromatic heterocycles. The number of hydrogen-bond acceptors (Lipinski definition) is 2. The largest absolute Gasteiger partial charge is 0.456 e. The summed E-state index contributed by atoms with van der Waals surface area (Å²) >= 11 is 0. The van der Waals surface area contributed by atoms with E-state index in [2.05, 4.69) is 264 Å². The first-order valence-electron chi connectivity index (χ1n) is 25.2. The molecular weight excluding hydrogens is 887 g/mol. The second-order valence-electron chi connectivity index (χ2n) is 20.1. The Kier molecular flexibility index (Phi) is 8.97. The number of anilines is 3. The third-order valence-corrected chi connectivity index (χ3v) is 15.7. The normalized spacial score (nSPS) is 12.9. The summed E-state index contributed by atoms with van der Waals surface area (Å²) in [6.45, 7) is 4.77. The zero-order valence-corrected chi connectivity index (χ0v) is 40.4. The molecule has 0 fully saturated rings. The fourth-order valence-electron chi connectivity index (χ4n) is 12.2. The quantitative estimate of drug-likeness (QED) is 0.159. The zero-order valence-electron chi connectivity index (χ0n) is 40.4. The van der Waals surface area contributed by atoms with Crippen molar-refractivity contribution in [1.29, 1.82) is 0 Å². The summed E-state index contributed by atoms with van der Waals surface area (Å²) in [6.07, 6.45) is 0. The molecule has 0 bridgehead atoms. The Morgan fingerprint density at radius 3 is 1.44 bits per heavy atom. The maximum Gasteiger partial charge on any atom is 0.136 e. The standard InChI is InChI=1S/C69H47N3O/c1-69(2)61-42-51(34-37-53(61)54-38-35-52(43-62(54)69)72-63-20-10-6-16-55(63)56-17-7-11-21-64(56)72)70(50-32-26-45(27-33-50)47-28-36-59-58-19-9-13-23-67(58)73-68(59)41-47)49-30-24-44(25-31-49)46-29-39-66-60(40-46)57-18-8-12-22-65(57)71(66)48-14-4-3-5-15-48/h3-43H,1-2H3. The highest BCUT2D eigenvalue weighted by atomic mass is 16.3. The van der Waals surface area contributed by atoms with Gasteiger partial charge in [-0.1, -0.05) is 153 Å². The number of benzene rings is 11. The minimum atomic E-state index is -0.258. The highest BCUT2D eigenvalue weighted by Gasteiger charge is 2.37. The molecule has 15 rings (SSSR count). The van der Waals surface area contributed by atoms with Crippen molar-refractivity contribution < 1.29 is 4.42 Å². The lowest BCUT2D eigenvalue weighted by molar-refractivity contribution is 0.660. The lowest BCUT2D eigenvalue weighted by Crippen LogP contribution is -2.17. The van der Waals surface area contributed by atoms with Crippen molar-refractivity contribution in [2.45, 2.75) is 19.3 Å². The molecule has 0 saturated heterocycles. The van der Waals surface area contributed by atoms with Crippen molar-refractivity contribution in [1.82, 2.24) is 9.13 Å². The number of hydrogen-bond donors (Lipinski definition) is 0. The Morgan fingerprint density at radius 1 is 0.315 bits per heavy atom. The van der Waals surface area contributed by atoms with Gasteiger partial charge in [0, 0.05) is 66.2 Å². The van der Waals surface area contributed by atoms with Gasteiger partial charge in [-0.2, -0.15) is 0 Å². The molecule has 14 aromatic rings. The summed E-state index contributed by atoms with van der Waals surface area (Å²) in [5.41, 5.74) is 21.9. The molecule has 0 spiro atoms. The first kappa shape index (κ1) is 41.4. The van der Waals surface area contributed by atoms with Crippen LogP contribution in [0.5, 0.6) is 0 Å². The molecule has 4 nitrogen and oxygen atoms in total. The smallest absolute Gasteiger partial charge is 0.136 e. The molecule has 0 unspecified atom stereocenters. The summed E-state index contributed by atoms with van der Waals surface area (Å²) in [5.74, 6) is 0. The van der Waals surface area contributed by atoms with Crippen LogP contribution in [0.3, 0.4) is 0 Å². The van der Waals surface area contributed by atoms with E-state index in [0.717, 1.165) is 55.8 Å². The molecule has 0 radical (unpaired) electrons. The first-order chi connectivity index (χ1) is 35.9. The molecule has 73 heavy (non-hydrogen) atoms. The summed E-state index contributed by atoms with van der Waals surface area (Å²) in [6, 6.07) is 90.9. The van der Waals surface area contributed by atoms with E-state index in [1.54, 1.807) is 0 Å². The van der Waals surface area contributed by atoms with Crippen LogP contribution in [0, 0.1) is 0 Å². The Hall–Kier alpha value is -9.38. The molecule has 0 atom stereocenters. The maximum atomic E-state index is 6.32. The number of fused-ring (bicyclic) bond motifs is 12. The van der Waals surface area contributed by atoms with Crippen LogP contribution in [0.1, 0.15) is 25.0 Å². The summed E-state index contributed by atoms with van der Waals surface area (Å²) < 4.78 is 11.1. The van der Waals surface area contributed by atoms with E-state index < -0.39 is 0 Å². The SMILES string of the molecule is CC1(C)c2cc(N(c3ccc(-c4ccc5c(c4)oc4ccccc45)cc3)c3ccc(-c4ccc5c(c4)c4ccccc4n5-c4ccccc4)cc3)ccc2-c2ccc(-n3c4ccccc4c4ccccc43)cc21. The maximum absolute atomic E-state index is 6.32. The predicted octanol–water partition coefficient (Wildman–Crippen LogP) is 18.9. The van der Waals surface area contributed by atoms with Crippen molar-refractivity contribution in [3.05, 3.63) is 260 Å². The van der Waals surface area contributed by atoms with E-state index in [0.29, 0.717) is 0 Å². The molecule has 344 valence electrons. The van der Waals surface area contributed by atoms with Crippen molar-refractivity contribution in [2.24, 2.45) is 0 Å². The minimum Gasteiger partial charge on any atom is -0.456 e. The minimum absolute atomic E-state index is 0.258. The molecule has 0 N–H and O–H groups in total. The summed E-state index contributed by atoms with van der Waals surface area (Å²) in [7, 11) is 0. The fraction of sp³-hybridized carbons (Fsp3) is 0.0435. The number of aromatic nitrogens is 2. The van der Waals surface area contributed by atoms with Gasteiger partial charge in [-0.15, -0.1) is 0 Å². The van der Waals surface area contributed by atoms with Crippen LogP contribution >= 0.6 is 0 Å². The van der Waals surface area contributed by atoms with Crippen molar-refractivity contribution >= 4 is 82.6 Å². The molecule has 4 heteroatoms. The average Bonchev–Trinajstić information content (AvgIpc) is 4.16. The van der Waals surface area contributed by atoms with Gasteiger partial charge in [-0.05, 0) is 154 Å². The van der Waals surface area contributed by atoms with Crippen LogP contribution in [0.4, 0.5) is 17.1 Å². The lowest BCUT2D eigenvalue weighted by atomic mass is 9.82. The van der Waals surface area contributed by atoms with Crippen LogP contribution in [-0.2, 0) is 5.41 Å². The molecule has 11 aromatic carbocycles. The topological polar surface area (TPSA) is 26.2 Å². The number of furan rings is 1. The molecule has 1 aliphatic rings. The average molecular weight is 934 g/mol. The Balaban J connectivity index is 0.830. The summed E-state index contributed by atoms with van der Waals surface area (Å²) in [4.78, 5) is 2.41. The van der Waals surface area contributed by atoms with E-state index >= 15 is 0 Å². The molecule has 0 saturated carbocycles. The lowest BCUT2D eigenvalue weighted by Gasteiger charge is -2.28. The number of nitrogens with zero attached hydrogens (tertiary/aromatic N) is 3. The Labute approximate surface area is 422 Å². The molecule has 1 aliphatic carbocycles. The third kappa shape index (κ3) is 6.33. The van der Waals surface area contributed by atoms with Gasteiger partial charge in [0.2, 0.25) is 0 Å². The van der Waals surface area contributed by atoms with E-state index in [4.69, 9.17) is 4.42 Å². The van der Waals surface area contributed by atoms with Crippen molar-refractivity contribution in [2.75, 3.05) is 4.90 Å². The second-order valence-corrected chi connectivity index (χ2v) is 20.1. The van der Waals surface area contributed by atoms with E-state index in [1.807, 2.05) is 12.1 Å². The number of rotatable bonds is 7. The van der Waals surface area contributed by atoms with Gasteiger partial charge in [0.25, 0.3) is 0 Å². The highest BCUT2D eigenvalue weighted by Crippen LogP contribution is 2.52. The van der Waals surface area contributed by atoms with Gasteiger partial charge in [0.1, 0.15) is 11.2 Å². The predicted molar refractivity (Wildman–Crippen MR) is 306 cm³/mol. The van der Waals surface area contributed by atoms with E-state index in [-0.39, 0.29) is 5.41 Å². The number of para-hydroxylation sites is 5. The first-order valence-corrected chi connectivity index (χ1v) is 25.2. The van der Waals surface area contributed by atoms with Gasteiger partial charge >= 0.3 is 0 Å². The van der Waals surface area contributed by atoms with Gasteiger partial charge in [0.15, 0.2) is 0 Å². The van der Waals surface area contributed by atoms with Gasteiger partial charge in [-0.3, -0.25) is 0 Å². The Morgan fingerprint density at radius 2 is 0.781 bits per heavy atom. The monoisotopic (exact) mass is 933 g/mol. The van der Waals surface area contributed by atoms with Gasteiger partial charge in [-0.25, -0.2) is 0 Å². The van der Waals surface area contributed by atoms with Crippen molar-refractivity contribution in [3.8, 4) is 44.8 Å². The Bertz CT molecular complexity index is 4460. The van der Waals surface area contributed by atoms with Gasteiger partial charge < -0.3 is 18.5 Å². The highest BCUT2D eigenvalue weighted by molar-refractivity contribution is 6.11. The fourth-order valence-corrected chi connectivity index (χ4v) is 12.2. The van der Waals surface area contributed by atoms with Crippen LogP contribution in [0.2, 0.25) is 0 Å². The molecule has 0 amide bonds. The summed E-state index contributed by atoms with van der Waals surface area (Å²) in [5, 5.41) is 7.30. The van der Waals surface area contributed by atoms with E-state index in [1.165, 1.54) is 82.7 Å². The van der Waals surface area contributed by atoms with Crippen molar-refractivity contribution in [3.63, 3.8) is 0 Å². The zero-order chi connectivity index (χ0) is 48.4.